The van der Waals surface area contributed by atoms with Gasteiger partial charge in [0.2, 0.25) is 10.0 Å². The predicted molar refractivity (Wildman–Crippen MR) is 74.1 cm³/mol. The second-order valence-corrected chi connectivity index (χ2v) is 5.85. The maximum Gasteiger partial charge on any atom is 0.323 e. The smallest absolute Gasteiger partial charge is 0.323 e. The topological polar surface area (TPSA) is 98.5 Å². The maximum atomic E-state index is 12.2. The zero-order chi connectivity index (χ0) is 14.6. The maximum absolute atomic E-state index is 12.2. The normalized spacial score (nSPS) is 12.7. The molecule has 0 fully saturated rings. The molecule has 104 valence electrons. The molecule has 0 aliphatic heterocycles. The SMILES string of the molecule is COC(=O)C(C)NS(=O)(=O)c1ccccc1C(N)=S. The first-order valence-corrected chi connectivity index (χ1v) is 7.17. The van der Waals surface area contributed by atoms with Crippen molar-refractivity contribution >= 4 is 33.2 Å². The molecule has 1 rings (SSSR count). The second-order valence-electron chi connectivity index (χ2n) is 3.73. The zero-order valence-electron chi connectivity index (χ0n) is 10.4. The minimum absolute atomic E-state index is 0.0355. The molecule has 6 nitrogen and oxygen atoms in total. The van der Waals surface area contributed by atoms with Crippen molar-refractivity contribution in [3.8, 4) is 0 Å². The quantitative estimate of drug-likeness (QED) is 0.594. The van der Waals surface area contributed by atoms with Gasteiger partial charge in [-0.15, -0.1) is 0 Å². The van der Waals surface area contributed by atoms with Crippen molar-refractivity contribution in [2.24, 2.45) is 5.73 Å². The Hall–Kier alpha value is -1.51. The molecule has 0 aliphatic carbocycles. The lowest BCUT2D eigenvalue weighted by atomic mass is 10.2. The van der Waals surface area contributed by atoms with Crippen LogP contribution in [-0.4, -0.2) is 32.5 Å². The molecule has 3 N–H and O–H groups in total. The van der Waals surface area contributed by atoms with Gasteiger partial charge in [0.25, 0.3) is 0 Å². The minimum atomic E-state index is -3.91. The number of benzene rings is 1. The van der Waals surface area contributed by atoms with E-state index in [1.165, 1.54) is 26.2 Å². The van der Waals surface area contributed by atoms with E-state index in [1.54, 1.807) is 12.1 Å². The molecule has 8 heteroatoms. The van der Waals surface area contributed by atoms with Gasteiger partial charge in [-0.2, -0.15) is 4.72 Å². The van der Waals surface area contributed by atoms with E-state index >= 15 is 0 Å². The number of hydrogen-bond donors (Lipinski definition) is 2. The van der Waals surface area contributed by atoms with Gasteiger partial charge in [-0.25, -0.2) is 8.42 Å². The van der Waals surface area contributed by atoms with E-state index in [9.17, 15) is 13.2 Å². The molecule has 0 saturated carbocycles. The molecule has 1 atom stereocenters. The molecule has 0 spiro atoms. The molecule has 0 amide bonds. The van der Waals surface area contributed by atoms with Gasteiger partial charge in [-0.3, -0.25) is 4.79 Å². The number of methoxy groups -OCH3 is 1. The summed E-state index contributed by atoms with van der Waals surface area (Å²) < 4.78 is 31.0. The van der Waals surface area contributed by atoms with Crippen LogP contribution >= 0.6 is 12.2 Å². The van der Waals surface area contributed by atoms with Gasteiger partial charge < -0.3 is 10.5 Å². The van der Waals surface area contributed by atoms with Crippen molar-refractivity contribution in [3.05, 3.63) is 29.8 Å². The average Bonchev–Trinajstić information content (AvgIpc) is 2.37. The van der Waals surface area contributed by atoms with Crippen LogP contribution in [0, 0.1) is 0 Å². The molecule has 0 aliphatic rings. The van der Waals surface area contributed by atoms with E-state index in [-0.39, 0.29) is 15.4 Å². The first-order valence-electron chi connectivity index (χ1n) is 5.28. The summed E-state index contributed by atoms with van der Waals surface area (Å²) in [4.78, 5) is 11.1. The van der Waals surface area contributed by atoms with Gasteiger partial charge in [0.1, 0.15) is 11.0 Å². The second kappa shape index (κ2) is 6.09. The Morgan fingerprint density at radius 1 is 1.42 bits per heavy atom. The van der Waals surface area contributed by atoms with E-state index in [1.807, 2.05) is 0 Å². The van der Waals surface area contributed by atoms with Crippen molar-refractivity contribution in [1.29, 1.82) is 0 Å². The summed E-state index contributed by atoms with van der Waals surface area (Å²) in [6.45, 7) is 1.38. The Labute approximate surface area is 117 Å². The van der Waals surface area contributed by atoms with Crippen LogP contribution in [0.25, 0.3) is 0 Å². The molecule has 1 aromatic carbocycles. The number of nitrogens with one attached hydrogen (secondary N) is 1. The summed E-state index contributed by atoms with van der Waals surface area (Å²) in [5, 5.41) is 0. The Morgan fingerprint density at radius 3 is 2.53 bits per heavy atom. The molecule has 0 bridgehead atoms. The third kappa shape index (κ3) is 3.72. The fourth-order valence-electron chi connectivity index (χ4n) is 1.43. The number of carbonyl (C=O) groups is 1. The number of ether oxygens (including phenoxy) is 1. The van der Waals surface area contributed by atoms with Crippen molar-refractivity contribution < 1.29 is 17.9 Å². The van der Waals surface area contributed by atoms with Crippen molar-refractivity contribution in [2.45, 2.75) is 17.9 Å². The van der Waals surface area contributed by atoms with Gasteiger partial charge in [-0.05, 0) is 13.0 Å². The number of carbonyl (C=O) groups excluding carboxylic acids is 1. The van der Waals surface area contributed by atoms with E-state index in [4.69, 9.17) is 18.0 Å². The zero-order valence-corrected chi connectivity index (χ0v) is 12.0. The Balaban J connectivity index is 3.15. The highest BCUT2D eigenvalue weighted by atomic mass is 32.2. The fraction of sp³-hybridized carbons (Fsp3) is 0.273. The number of esters is 1. The van der Waals surface area contributed by atoms with Crippen LogP contribution in [0.4, 0.5) is 0 Å². The van der Waals surface area contributed by atoms with Crippen LogP contribution < -0.4 is 10.5 Å². The van der Waals surface area contributed by atoms with E-state index in [2.05, 4.69) is 9.46 Å². The molecule has 0 radical (unpaired) electrons. The summed E-state index contributed by atoms with van der Waals surface area (Å²) >= 11 is 4.80. The number of hydrogen-bond acceptors (Lipinski definition) is 5. The number of sulfonamides is 1. The first kappa shape index (κ1) is 15.5. The summed E-state index contributed by atoms with van der Waals surface area (Å²) in [6.07, 6.45) is 0. The van der Waals surface area contributed by atoms with Gasteiger partial charge in [-0.1, -0.05) is 30.4 Å². The first-order chi connectivity index (χ1) is 8.79. The molecule has 0 saturated heterocycles. The molecule has 1 aromatic rings. The molecular formula is C11H14N2O4S2. The average molecular weight is 302 g/mol. The van der Waals surface area contributed by atoms with Crippen LogP contribution in [0.15, 0.2) is 29.2 Å². The van der Waals surface area contributed by atoms with Gasteiger partial charge >= 0.3 is 5.97 Å². The third-order valence-corrected chi connectivity index (χ3v) is 4.15. The highest BCUT2D eigenvalue weighted by molar-refractivity contribution is 7.89. The minimum Gasteiger partial charge on any atom is -0.468 e. The van der Waals surface area contributed by atoms with E-state index in [0.717, 1.165) is 0 Å². The summed E-state index contributed by atoms with van der Waals surface area (Å²) in [6, 6.07) is 5.02. The van der Waals surface area contributed by atoms with E-state index < -0.39 is 22.0 Å². The summed E-state index contributed by atoms with van der Waals surface area (Å²) in [7, 11) is -2.73. The highest BCUT2D eigenvalue weighted by Crippen LogP contribution is 2.15. The van der Waals surface area contributed by atoms with Gasteiger partial charge in [0.15, 0.2) is 0 Å². The van der Waals surface area contributed by atoms with Gasteiger partial charge in [0, 0.05) is 5.56 Å². The van der Waals surface area contributed by atoms with Gasteiger partial charge in [0.05, 0.1) is 12.0 Å². The van der Waals surface area contributed by atoms with Crippen LogP contribution in [0.3, 0.4) is 0 Å². The lowest BCUT2D eigenvalue weighted by Crippen LogP contribution is -2.39. The van der Waals surface area contributed by atoms with E-state index in [0.29, 0.717) is 0 Å². The highest BCUT2D eigenvalue weighted by Gasteiger charge is 2.25. The standard InChI is InChI=1S/C11H14N2O4S2/c1-7(11(14)17-2)13-19(15,16)9-6-4-3-5-8(9)10(12)18/h3-7,13H,1-2H3,(H2,12,18). The lowest BCUT2D eigenvalue weighted by molar-refractivity contribution is -0.142. The molecule has 19 heavy (non-hydrogen) atoms. The number of nitrogens with two attached hydrogens (primary N) is 1. The fourth-order valence-corrected chi connectivity index (χ4v) is 3.08. The molecular weight excluding hydrogens is 288 g/mol. The van der Waals surface area contributed by atoms with Crippen molar-refractivity contribution in [2.75, 3.05) is 7.11 Å². The van der Waals surface area contributed by atoms with Crippen LogP contribution in [0.2, 0.25) is 0 Å². The Bertz CT molecular complexity index is 598. The van der Waals surface area contributed by atoms with Crippen LogP contribution in [0.1, 0.15) is 12.5 Å². The Kier molecular flexibility index (Phi) is 4.98. The molecule has 1 unspecified atom stereocenters. The lowest BCUT2D eigenvalue weighted by Gasteiger charge is -2.14. The van der Waals surface area contributed by atoms with Crippen LogP contribution in [-0.2, 0) is 19.6 Å². The van der Waals surface area contributed by atoms with Crippen LogP contribution in [0.5, 0.6) is 0 Å². The van der Waals surface area contributed by atoms with Crippen molar-refractivity contribution in [1.82, 2.24) is 4.72 Å². The van der Waals surface area contributed by atoms with Crippen molar-refractivity contribution in [3.63, 3.8) is 0 Å². The monoisotopic (exact) mass is 302 g/mol. The predicted octanol–water partition coefficient (Wildman–Crippen LogP) is 0.161. The number of thiocarbonyl (C=S) groups is 1. The summed E-state index contributed by atoms with van der Waals surface area (Å²) in [5.74, 6) is -0.684. The molecule has 0 heterocycles. The largest absolute Gasteiger partial charge is 0.468 e. The third-order valence-electron chi connectivity index (χ3n) is 2.33. The molecule has 0 aromatic heterocycles. The summed E-state index contributed by atoms with van der Waals surface area (Å²) in [5.41, 5.74) is 5.70. The number of rotatable bonds is 5. The Morgan fingerprint density at radius 2 is 2.00 bits per heavy atom.